The van der Waals surface area contributed by atoms with Crippen LogP contribution in [-0.2, 0) is 30.6 Å². The summed E-state index contributed by atoms with van der Waals surface area (Å²) in [6, 6.07) is 14.9. The predicted octanol–water partition coefficient (Wildman–Crippen LogP) is 2.69. The number of carbonyl (C=O) groups is 1. The van der Waals surface area contributed by atoms with Crippen molar-refractivity contribution in [3.63, 3.8) is 0 Å². The average molecular weight is 421 g/mol. The Kier molecular flexibility index (Phi) is 7.07. The van der Waals surface area contributed by atoms with Crippen molar-refractivity contribution >= 4 is 11.9 Å². The van der Waals surface area contributed by atoms with Crippen LogP contribution in [0.15, 0.2) is 47.5 Å². The monoisotopic (exact) mass is 420 g/mol. The SMILES string of the molecule is CN=C(NCCCC(=O)N1CCc2ccccc2C1)NCCc1ccc2c(c1)CCO2. The standard InChI is InChI=1S/C25H32N4O2/c1-26-25(28-14-10-19-8-9-23-21(17-19)12-16-31-23)27-13-4-7-24(30)29-15-11-20-5-2-3-6-22(20)18-29/h2-3,5-6,8-9,17H,4,7,10-16,18H2,1H3,(H2,26,27,28). The lowest BCUT2D eigenvalue weighted by molar-refractivity contribution is -0.132. The molecule has 2 aromatic carbocycles. The molecule has 4 rings (SSSR count). The second kappa shape index (κ2) is 10.3. The third kappa shape index (κ3) is 5.57. The molecule has 164 valence electrons. The van der Waals surface area contributed by atoms with Crippen LogP contribution in [0.1, 0.15) is 35.1 Å². The Labute approximate surface area is 184 Å². The summed E-state index contributed by atoms with van der Waals surface area (Å²) in [5.74, 6) is 2.04. The van der Waals surface area contributed by atoms with Gasteiger partial charge in [0.05, 0.1) is 6.61 Å². The number of benzene rings is 2. The highest BCUT2D eigenvalue weighted by atomic mass is 16.5. The van der Waals surface area contributed by atoms with Crippen LogP contribution in [0.5, 0.6) is 5.75 Å². The summed E-state index contributed by atoms with van der Waals surface area (Å²) in [6.45, 7) is 3.89. The molecule has 0 aliphatic carbocycles. The second-order valence-corrected chi connectivity index (χ2v) is 8.15. The van der Waals surface area contributed by atoms with E-state index in [4.69, 9.17) is 4.74 Å². The zero-order valence-electron chi connectivity index (χ0n) is 18.3. The van der Waals surface area contributed by atoms with Gasteiger partial charge in [-0.25, -0.2) is 0 Å². The Hall–Kier alpha value is -3.02. The molecular formula is C25H32N4O2. The number of ether oxygens (including phenoxy) is 1. The number of nitrogens with one attached hydrogen (secondary N) is 2. The summed E-state index contributed by atoms with van der Waals surface area (Å²) < 4.78 is 5.57. The van der Waals surface area contributed by atoms with Crippen molar-refractivity contribution in [1.82, 2.24) is 15.5 Å². The molecular weight excluding hydrogens is 388 g/mol. The summed E-state index contributed by atoms with van der Waals surface area (Å²) in [6.07, 6.45) is 4.24. The minimum Gasteiger partial charge on any atom is -0.493 e. The van der Waals surface area contributed by atoms with E-state index in [-0.39, 0.29) is 5.91 Å². The van der Waals surface area contributed by atoms with Gasteiger partial charge in [-0.1, -0.05) is 36.4 Å². The van der Waals surface area contributed by atoms with Crippen molar-refractivity contribution in [1.29, 1.82) is 0 Å². The van der Waals surface area contributed by atoms with Crippen LogP contribution in [0.4, 0.5) is 0 Å². The minimum absolute atomic E-state index is 0.236. The van der Waals surface area contributed by atoms with Gasteiger partial charge in [0.15, 0.2) is 5.96 Å². The zero-order valence-corrected chi connectivity index (χ0v) is 18.3. The fraction of sp³-hybridized carbons (Fsp3) is 0.440. The highest BCUT2D eigenvalue weighted by molar-refractivity contribution is 5.80. The highest BCUT2D eigenvalue weighted by Crippen LogP contribution is 2.25. The van der Waals surface area contributed by atoms with Crippen LogP contribution < -0.4 is 15.4 Å². The largest absolute Gasteiger partial charge is 0.493 e. The maximum Gasteiger partial charge on any atom is 0.222 e. The van der Waals surface area contributed by atoms with Crippen molar-refractivity contribution < 1.29 is 9.53 Å². The lowest BCUT2D eigenvalue weighted by Gasteiger charge is -2.29. The Bertz CT molecular complexity index is 941. The van der Waals surface area contributed by atoms with E-state index in [1.165, 1.54) is 22.3 Å². The van der Waals surface area contributed by atoms with E-state index in [1.54, 1.807) is 7.05 Å². The number of rotatable bonds is 7. The topological polar surface area (TPSA) is 66.0 Å². The summed E-state index contributed by atoms with van der Waals surface area (Å²) >= 11 is 0. The number of amides is 1. The number of hydrogen-bond acceptors (Lipinski definition) is 3. The maximum absolute atomic E-state index is 12.6. The molecule has 0 fully saturated rings. The van der Waals surface area contributed by atoms with Crippen LogP contribution in [0, 0.1) is 0 Å². The van der Waals surface area contributed by atoms with Crippen molar-refractivity contribution in [2.24, 2.45) is 4.99 Å². The van der Waals surface area contributed by atoms with Gasteiger partial charge in [-0.3, -0.25) is 9.79 Å². The van der Waals surface area contributed by atoms with E-state index < -0.39 is 0 Å². The van der Waals surface area contributed by atoms with Gasteiger partial charge in [0.1, 0.15) is 5.75 Å². The summed E-state index contributed by atoms with van der Waals surface area (Å²) in [4.78, 5) is 18.8. The molecule has 2 heterocycles. The maximum atomic E-state index is 12.6. The fourth-order valence-electron chi connectivity index (χ4n) is 4.25. The Morgan fingerprint density at radius 3 is 2.77 bits per heavy atom. The van der Waals surface area contributed by atoms with Crippen LogP contribution in [-0.4, -0.2) is 50.1 Å². The van der Waals surface area contributed by atoms with Gasteiger partial charge in [0.2, 0.25) is 5.91 Å². The zero-order chi connectivity index (χ0) is 21.5. The van der Waals surface area contributed by atoms with E-state index >= 15 is 0 Å². The molecule has 0 atom stereocenters. The molecule has 6 nitrogen and oxygen atoms in total. The number of nitrogens with zero attached hydrogens (tertiary/aromatic N) is 2. The van der Waals surface area contributed by atoms with Gasteiger partial charge in [0.25, 0.3) is 0 Å². The molecule has 6 heteroatoms. The number of aliphatic imine (C=N–C) groups is 1. The molecule has 2 aliphatic heterocycles. The van der Waals surface area contributed by atoms with Crippen molar-refractivity contribution in [2.45, 2.75) is 38.6 Å². The number of fused-ring (bicyclic) bond motifs is 2. The molecule has 0 unspecified atom stereocenters. The minimum atomic E-state index is 0.236. The first-order valence-corrected chi connectivity index (χ1v) is 11.3. The molecule has 1 amide bonds. The van der Waals surface area contributed by atoms with Crippen LogP contribution in [0.25, 0.3) is 0 Å². The first-order valence-electron chi connectivity index (χ1n) is 11.3. The summed E-state index contributed by atoms with van der Waals surface area (Å²) in [5.41, 5.74) is 5.26. The molecule has 2 N–H and O–H groups in total. The van der Waals surface area contributed by atoms with Gasteiger partial charge in [-0.05, 0) is 47.6 Å². The van der Waals surface area contributed by atoms with Crippen molar-refractivity contribution in [2.75, 3.05) is 33.3 Å². The molecule has 0 saturated heterocycles. The Morgan fingerprint density at radius 1 is 1.06 bits per heavy atom. The lowest BCUT2D eigenvalue weighted by atomic mass is 9.99. The van der Waals surface area contributed by atoms with E-state index in [0.29, 0.717) is 6.42 Å². The van der Waals surface area contributed by atoms with Gasteiger partial charge in [-0.2, -0.15) is 0 Å². The number of carbonyl (C=O) groups excluding carboxylic acids is 1. The summed E-state index contributed by atoms with van der Waals surface area (Å²) in [7, 11) is 1.78. The number of guanidine groups is 1. The second-order valence-electron chi connectivity index (χ2n) is 8.15. The molecule has 0 saturated carbocycles. The lowest BCUT2D eigenvalue weighted by Crippen LogP contribution is -2.39. The predicted molar refractivity (Wildman–Crippen MR) is 124 cm³/mol. The van der Waals surface area contributed by atoms with Crippen molar-refractivity contribution in [3.8, 4) is 5.75 Å². The van der Waals surface area contributed by atoms with Crippen LogP contribution in [0.3, 0.4) is 0 Å². The normalized spacial score (nSPS) is 15.1. The molecule has 0 radical (unpaired) electrons. The van der Waals surface area contributed by atoms with Crippen molar-refractivity contribution in [3.05, 3.63) is 64.7 Å². The van der Waals surface area contributed by atoms with E-state index in [0.717, 1.165) is 70.2 Å². The smallest absolute Gasteiger partial charge is 0.222 e. The summed E-state index contributed by atoms with van der Waals surface area (Å²) in [5, 5.41) is 6.68. The molecule has 2 aromatic rings. The Balaban J connectivity index is 1.13. The molecule has 2 aliphatic rings. The molecule has 31 heavy (non-hydrogen) atoms. The third-order valence-electron chi connectivity index (χ3n) is 6.03. The quantitative estimate of drug-likeness (QED) is 0.411. The van der Waals surface area contributed by atoms with Crippen LogP contribution >= 0.6 is 0 Å². The first-order chi connectivity index (χ1) is 15.2. The molecule has 0 spiro atoms. The van der Waals surface area contributed by atoms with Gasteiger partial charge >= 0.3 is 0 Å². The number of hydrogen-bond donors (Lipinski definition) is 2. The fourth-order valence-corrected chi connectivity index (χ4v) is 4.25. The van der Waals surface area contributed by atoms with Gasteiger partial charge in [0, 0.05) is 46.1 Å². The van der Waals surface area contributed by atoms with E-state index in [2.05, 4.69) is 52.0 Å². The van der Waals surface area contributed by atoms with Gasteiger partial charge < -0.3 is 20.3 Å². The van der Waals surface area contributed by atoms with Gasteiger partial charge in [-0.15, -0.1) is 0 Å². The highest BCUT2D eigenvalue weighted by Gasteiger charge is 2.19. The average Bonchev–Trinajstić information content (AvgIpc) is 3.28. The van der Waals surface area contributed by atoms with Crippen LogP contribution in [0.2, 0.25) is 0 Å². The molecule has 0 aromatic heterocycles. The molecule has 0 bridgehead atoms. The first kappa shape index (κ1) is 21.2. The third-order valence-corrected chi connectivity index (χ3v) is 6.03. The Morgan fingerprint density at radius 2 is 1.90 bits per heavy atom. The van der Waals surface area contributed by atoms with E-state index in [1.807, 2.05) is 11.0 Å². The van der Waals surface area contributed by atoms with E-state index in [9.17, 15) is 4.79 Å².